The first-order valence-corrected chi connectivity index (χ1v) is 8.30. The minimum atomic E-state index is -0.837. The van der Waals surface area contributed by atoms with E-state index in [1.54, 1.807) is 0 Å². The SMILES string of the molecule is CCCC(O)C#CC1CC2C(=NOCCCC(=O)O)CC2C1O. The van der Waals surface area contributed by atoms with Crippen LogP contribution in [0.3, 0.4) is 0 Å². The average molecular weight is 323 g/mol. The largest absolute Gasteiger partial charge is 0.481 e. The molecule has 6 nitrogen and oxygen atoms in total. The Bertz CT molecular complexity index is 507. The van der Waals surface area contributed by atoms with Crippen LogP contribution in [-0.2, 0) is 9.63 Å². The van der Waals surface area contributed by atoms with Gasteiger partial charge in [0.05, 0.1) is 11.8 Å². The predicted molar refractivity (Wildman–Crippen MR) is 84.7 cm³/mol. The monoisotopic (exact) mass is 323 g/mol. The van der Waals surface area contributed by atoms with E-state index in [1.165, 1.54) is 0 Å². The number of hydrogen-bond donors (Lipinski definition) is 3. The minimum Gasteiger partial charge on any atom is -0.481 e. The predicted octanol–water partition coefficient (Wildman–Crippen LogP) is 1.41. The highest BCUT2D eigenvalue weighted by atomic mass is 16.6. The van der Waals surface area contributed by atoms with Crippen LogP contribution in [0.15, 0.2) is 5.16 Å². The average Bonchev–Trinajstić information content (AvgIpc) is 2.72. The van der Waals surface area contributed by atoms with E-state index in [2.05, 4.69) is 17.0 Å². The first-order chi connectivity index (χ1) is 11.0. The Hall–Kier alpha value is -1.58. The number of fused-ring (bicyclic) bond motifs is 1. The van der Waals surface area contributed by atoms with Crippen molar-refractivity contribution in [2.45, 2.75) is 57.7 Å². The van der Waals surface area contributed by atoms with E-state index in [9.17, 15) is 15.0 Å². The molecule has 0 aromatic heterocycles. The van der Waals surface area contributed by atoms with Gasteiger partial charge >= 0.3 is 5.97 Å². The molecule has 0 saturated heterocycles. The van der Waals surface area contributed by atoms with Gasteiger partial charge in [0.15, 0.2) is 0 Å². The first kappa shape index (κ1) is 17.8. The molecule has 0 aromatic carbocycles. The number of aliphatic hydroxyl groups is 2. The van der Waals surface area contributed by atoms with E-state index in [0.717, 1.165) is 18.6 Å². The summed E-state index contributed by atoms with van der Waals surface area (Å²) in [6, 6.07) is 0. The van der Waals surface area contributed by atoms with E-state index in [-0.39, 0.29) is 24.2 Å². The second-order valence-corrected chi connectivity index (χ2v) is 6.31. The summed E-state index contributed by atoms with van der Waals surface area (Å²) in [5.41, 5.74) is 0.933. The highest BCUT2D eigenvalue weighted by Crippen LogP contribution is 2.47. The molecular formula is C17H25NO5. The molecule has 3 N–H and O–H groups in total. The van der Waals surface area contributed by atoms with Gasteiger partial charge in [-0.25, -0.2) is 0 Å². The first-order valence-electron chi connectivity index (χ1n) is 8.30. The molecular weight excluding hydrogens is 298 g/mol. The molecule has 2 aliphatic carbocycles. The van der Waals surface area contributed by atoms with E-state index in [4.69, 9.17) is 9.94 Å². The van der Waals surface area contributed by atoms with Crippen molar-refractivity contribution in [2.75, 3.05) is 6.61 Å². The van der Waals surface area contributed by atoms with Crippen LogP contribution < -0.4 is 0 Å². The van der Waals surface area contributed by atoms with Crippen molar-refractivity contribution in [2.24, 2.45) is 22.9 Å². The molecule has 0 heterocycles. The summed E-state index contributed by atoms with van der Waals surface area (Å²) in [5.74, 6) is 5.27. The Labute approximate surface area is 136 Å². The van der Waals surface area contributed by atoms with Gasteiger partial charge in [-0.05, 0) is 31.6 Å². The maximum absolute atomic E-state index is 10.4. The van der Waals surface area contributed by atoms with Crippen LogP contribution in [0.4, 0.5) is 0 Å². The van der Waals surface area contributed by atoms with Crippen molar-refractivity contribution >= 4 is 11.7 Å². The lowest BCUT2D eigenvalue weighted by molar-refractivity contribution is -0.137. The summed E-state index contributed by atoms with van der Waals surface area (Å²) in [6.45, 7) is 2.29. The third kappa shape index (κ3) is 4.69. The molecule has 2 saturated carbocycles. The van der Waals surface area contributed by atoms with Crippen LogP contribution in [-0.4, -0.2) is 45.8 Å². The van der Waals surface area contributed by atoms with Crippen molar-refractivity contribution in [1.82, 2.24) is 0 Å². The number of nitrogens with zero attached hydrogens (tertiary/aromatic N) is 1. The van der Waals surface area contributed by atoms with Gasteiger partial charge in [-0.3, -0.25) is 4.79 Å². The number of aliphatic hydroxyl groups excluding tert-OH is 2. The maximum Gasteiger partial charge on any atom is 0.303 e. The number of aliphatic carboxylic acids is 1. The second-order valence-electron chi connectivity index (χ2n) is 6.31. The lowest BCUT2D eigenvalue weighted by Crippen LogP contribution is -2.38. The van der Waals surface area contributed by atoms with Gasteiger partial charge in [-0.2, -0.15) is 0 Å². The molecule has 2 fully saturated rings. The van der Waals surface area contributed by atoms with Crippen molar-refractivity contribution in [1.29, 1.82) is 0 Å². The van der Waals surface area contributed by atoms with Gasteiger partial charge in [0, 0.05) is 18.3 Å². The molecule has 2 rings (SSSR count). The summed E-state index contributed by atoms with van der Waals surface area (Å²) in [7, 11) is 0. The standard InChI is InChI=1S/C17H25NO5/c1-2-4-12(19)7-6-11-9-13-14(17(11)22)10-15(13)18-23-8-3-5-16(20)21/h11-14,17,19,22H,2-5,8-10H2,1H3,(H,20,21). The van der Waals surface area contributed by atoms with E-state index in [0.29, 0.717) is 25.9 Å². The molecule has 5 atom stereocenters. The van der Waals surface area contributed by atoms with Gasteiger partial charge in [0.1, 0.15) is 12.7 Å². The van der Waals surface area contributed by atoms with Crippen molar-refractivity contribution in [3.8, 4) is 11.8 Å². The summed E-state index contributed by atoms with van der Waals surface area (Å²) in [6.07, 6.45) is 2.42. The van der Waals surface area contributed by atoms with Crippen LogP contribution in [0.2, 0.25) is 0 Å². The zero-order valence-corrected chi connectivity index (χ0v) is 13.4. The normalized spacial score (nSPS) is 31.7. The smallest absolute Gasteiger partial charge is 0.303 e. The molecule has 6 heteroatoms. The fourth-order valence-corrected chi connectivity index (χ4v) is 3.22. The third-order valence-corrected chi connectivity index (χ3v) is 4.55. The van der Waals surface area contributed by atoms with Crippen LogP contribution in [0.1, 0.15) is 45.4 Å². The molecule has 23 heavy (non-hydrogen) atoms. The number of carbonyl (C=O) groups is 1. The molecule has 0 aliphatic heterocycles. The van der Waals surface area contributed by atoms with Crippen molar-refractivity contribution < 1.29 is 25.0 Å². The minimum absolute atomic E-state index is 0.0768. The molecule has 5 unspecified atom stereocenters. The molecule has 0 radical (unpaired) electrons. The fourth-order valence-electron chi connectivity index (χ4n) is 3.22. The van der Waals surface area contributed by atoms with Gasteiger partial charge in [-0.1, -0.05) is 30.3 Å². The summed E-state index contributed by atoms with van der Waals surface area (Å²) in [5, 5.41) is 32.5. The molecule has 0 aromatic rings. The molecule has 2 aliphatic rings. The zero-order valence-electron chi connectivity index (χ0n) is 13.4. The van der Waals surface area contributed by atoms with Crippen LogP contribution in [0.25, 0.3) is 0 Å². The Balaban J connectivity index is 1.78. The number of hydrogen-bond acceptors (Lipinski definition) is 5. The Morgan fingerprint density at radius 3 is 3.00 bits per heavy atom. The summed E-state index contributed by atoms with van der Waals surface area (Å²) >= 11 is 0. The highest BCUT2D eigenvalue weighted by molar-refractivity contribution is 5.93. The topological polar surface area (TPSA) is 99.4 Å². The summed E-state index contributed by atoms with van der Waals surface area (Å²) < 4.78 is 0. The van der Waals surface area contributed by atoms with Gasteiger partial charge in [0.25, 0.3) is 0 Å². The lowest BCUT2D eigenvalue weighted by Gasteiger charge is -2.33. The van der Waals surface area contributed by atoms with Crippen molar-refractivity contribution in [3.05, 3.63) is 0 Å². The Kier molecular flexibility index (Phi) is 6.43. The summed E-state index contributed by atoms with van der Waals surface area (Å²) in [4.78, 5) is 15.5. The molecule has 0 spiro atoms. The van der Waals surface area contributed by atoms with Crippen LogP contribution >= 0.6 is 0 Å². The van der Waals surface area contributed by atoms with Gasteiger partial charge < -0.3 is 20.2 Å². The number of oxime groups is 1. The second kappa shape index (κ2) is 8.32. The highest BCUT2D eigenvalue weighted by Gasteiger charge is 2.51. The molecule has 0 bridgehead atoms. The van der Waals surface area contributed by atoms with Crippen LogP contribution in [0.5, 0.6) is 0 Å². The van der Waals surface area contributed by atoms with Crippen LogP contribution in [0, 0.1) is 29.6 Å². The fraction of sp³-hybridized carbons (Fsp3) is 0.765. The van der Waals surface area contributed by atoms with Crippen molar-refractivity contribution in [3.63, 3.8) is 0 Å². The quantitative estimate of drug-likeness (QED) is 0.374. The van der Waals surface area contributed by atoms with Gasteiger partial charge in [0.2, 0.25) is 0 Å². The van der Waals surface area contributed by atoms with Gasteiger partial charge in [-0.15, -0.1) is 0 Å². The van der Waals surface area contributed by atoms with E-state index < -0.39 is 18.2 Å². The number of carboxylic acids is 1. The Morgan fingerprint density at radius 2 is 2.30 bits per heavy atom. The number of carboxylic acid groups (broad SMARTS) is 1. The maximum atomic E-state index is 10.4. The van der Waals surface area contributed by atoms with E-state index >= 15 is 0 Å². The van der Waals surface area contributed by atoms with E-state index in [1.807, 2.05) is 6.92 Å². The number of rotatable bonds is 7. The lowest BCUT2D eigenvalue weighted by atomic mass is 9.73. The zero-order chi connectivity index (χ0) is 16.8. The Morgan fingerprint density at radius 1 is 1.52 bits per heavy atom. The molecule has 128 valence electrons. The third-order valence-electron chi connectivity index (χ3n) is 4.55. The molecule has 0 amide bonds.